The lowest BCUT2D eigenvalue weighted by atomic mass is 10.2. The molecule has 90 valence electrons. The van der Waals surface area contributed by atoms with Crippen LogP contribution in [0.3, 0.4) is 0 Å². The lowest BCUT2D eigenvalue weighted by Gasteiger charge is -2.06. The second-order valence-electron chi connectivity index (χ2n) is 3.87. The molecule has 1 heterocycles. The third kappa shape index (κ3) is 3.00. The summed E-state index contributed by atoms with van der Waals surface area (Å²) in [4.78, 5) is 14.5. The van der Waals surface area contributed by atoms with Crippen molar-refractivity contribution < 1.29 is 9.53 Å². The van der Waals surface area contributed by atoms with Crippen molar-refractivity contribution in [1.29, 1.82) is 0 Å². The SMILES string of the molecule is CCCNC(=O)COc1ccc2[nH]ccc2c1. The Balaban J connectivity index is 1.92. The van der Waals surface area contributed by atoms with Gasteiger partial charge in [0.25, 0.3) is 5.91 Å². The fourth-order valence-electron chi connectivity index (χ4n) is 1.59. The molecule has 17 heavy (non-hydrogen) atoms. The molecule has 0 atom stereocenters. The fourth-order valence-corrected chi connectivity index (χ4v) is 1.59. The number of ether oxygens (including phenoxy) is 1. The monoisotopic (exact) mass is 232 g/mol. The van der Waals surface area contributed by atoms with Gasteiger partial charge in [0, 0.05) is 23.6 Å². The summed E-state index contributed by atoms with van der Waals surface area (Å²) in [6.07, 6.45) is 2.81. The van der Waals surface area contributed by atoms with Crippen LogP contribution in [0.2, 0.25) is 0 Å². The van der Waals surface area contributed by atoms with E-state index >= 15 is 0 Å². The zero-order valence-electron chi connectivity index (χ0n) is 9.82. The third-order valence-electron chi connectivity index (χ3n) is 2.47. The van der Waals surface area contributed by atoms with E-state index < -0.39 is 0 Å². The average molecular weight is 232 g/mol. The van der Waals surface area contributed by atoms with Crippen molar-refractivity contribution in [3.63, 3.8) is 0 Å². The largest absolute Gasteiger partial charge is 0.484 e. The minimum absolute atomic E-state index is 0.0654. The van der Waals surface area contributed by atoms with Crippen LogP contribution in [0.4, 0.5) is 0 Å². The molecular weight excluding hydrogens is 216 g/mol. The van der Waals surface area contributed by atoms with Gasteiger partial charge in [0.15, 0.2) is 6.61 Å². The molecule has 2 aromatic rings. The average Bonchev–Trinajstić information content (AvgIpc) is 2.81. The molecular formula is C13H16N2O2. The number of amides is 1. The van der Waals surface area contributed by atoms with Crippen LogP contribution in [-0.2, 0) is 4.79 Å². The van der Waals surface area contributed by atoms with Gasteiger partial charge >= 0.3 is 0 Å². The number of fused-ring (bicyclic) bond motifs is 1. The number of aromatic nitrogens is 1. The van der Waals surface area contributed by atoms with Gasteiger partial charge in [-0.05, 0) is 30.7 Å². The summed E-state index contributed by atoms with van der Waals surface area (Å²) < 4.78 is 5.42. The van der Waals surface area contributed by atoms with Gasteiger partial charge in [-0.1, -0.05) is 6.92 Å². The van der Waals surface area contributed by atoms with E-state index in [0.29, 0.717) is 12.3 Å². The molecule has 0 unspecified atom stereocenters. The Labute approximate surface area is 100.0 Å². The topological polar surface area (TPSA) is 54.1 Å². The molecule has 2 rings (SSSR count). The molecule has 0 aliphatic rings. The van der Waals surface area contributed by atoms with Gasteiger partial charge in [0.05, 0.1) is 0 Å². The maximum absolute atomic E-state index is 11.3. The van der Waals surface area contributed by atoms with E-state index in [1.54, 1.807) is 0 Å². The molecule has 4 nitrogen and oxygen atoms in total. The van der Waals surface area contributed by atoms with E-state index in [-0.39, 0.29) is 12.5 Å². The number of nitrogens with one attached hydrogen (secondary N) is 2. The van der Waals surface area contributed by atoms with Gasteiger partial charge in [0.2, 0.25) is 0 Å². The van der Waals surface area contributed by atoms with Gasteiger partial charge < -0.3 is 15.0 Å². The van der Waals surface area contributed by atoms with E-state index in [9.17, 15) is 4.79 Å². The minimum Gasteiger partial charge on any atom is -0.484 e. The van der Waals surface area contributed by atoms with Crippen molar-refractivity contribution in [2.45, 2.75) is 13.3 Å². The number of hydrogen-bond acceptors (Lipinski definition) is 2. The van der Waals surface area contributed by atoms with Crippen molar-refractivity contribution in [2.75, 3.05) is 13.2 Å². The van der Waals surface area contributed by atoms with Crippen molar-refractivity contribution in [3.8, 4) is 5.75 Å². The van der Waals surface area contributed by atoms with Crippen LogP contribution in [0.25, 0.3) is 10.9 Å². The van der Waals surface area contributed by atoms with E-state index in [1.165, 1.54) is 0 Å². The second-order valence-corrected chi connectivity index (χ2v) is 3.87. The van der Waals surface area contributed by atoms with E-state index in [4.69, 9.17) is 4.74 Å². The van der Waals surface area contributed by atoms with Gasteiger partial charge in [-0.25, -0.2) is 0 Å². The number of carbonyl (C=O) groups excluding carboxylic acids is 1. The highest BCUT2D eigenvalue weighted by Gasteiger charge is 2.02. The molecule has 1 aromatic carbocycles. The fraction of sp³-hybridized carbons (Fsp3) is 0.308. The Morgan fingerprint density at radius 2 is 2.29 bits per heavy atom. The highest BCUT2D eigenvalue weighted by molar-refractivity contribution is 5.81. The molecule has 0 aliphatic heterocycles. The highest BCUT2D eigenvalue weighted by Crippen LogP contribution is 2.19. The first-order valence-electron chi connectivity index (χ1n) is 5.76. The van der Waals surface area contributed by atoms with Crippen molar-refractivity contribution >= 4 is 16.8 Å². The van der Waals surface area contributed by atoms with Gasteiger partial charge in [-0.3, -0.25) is 4.79 Å². The Morgan fingerprint density at radius 3 is 3.12 bits per heavy atom. The molecule has 0 fully saturated rings. The quantitative estimate of drug-likeness (QED) is 0.829. The van der Waals surface area contributed by atoms with Crippen LogP contribution in [0.1, 0.15) is 13.3 Å². The van der Waals surface area contributed by atoms with Crippen LogP contribution in [0.5, 0.6) is 5.75 Å². The van der Waals surface area contributed by atoms with E-state index in [0.717, 1.165) is 17.3 Å². The standard InChI is InChI=1S/C13H16N2O2/c1-2-6-15-13(16)9-17-11-3-4-12-10(8-11)5-7-14-12/h3-5,7-8,14H,2,6,9H2,1H3,(H,15,16). The maximum atomic E-state index is 11.3. The summed E-state index contributed by atoms with van der Waals surface area (Å²) in [5, 5.41) is 3.84. The zero-order chi connectivity index (χ0) is 12.1. The molecule has 0 aliphatic carbocycles. The molecule has 0 saturated heterocycles. The van der Waals surface area contributed by atoms with Gasteiger partial charge in [-0.2, -0.15) is 0 Å². The van der Waals surface area contributed by atoms with Gasteiger partial charge in [-0.15, -0.1) is 0 Å². The number of rotatable bonds is 5. The molecule has 0 bridgehead atoms. The number of benzene rings is 1. The summed E-state index contributed by atoms with van der Waals surface area (Å²) in [6.45, 7) is 2.77. The number of carbonyl (C=O) groups is 1. The Kier molecular flexibility index (Phi) is 3.65. The highest BCUT2D eigenvalue weighted by atomic mass is 16.5. The minimum atomic E-state index is -0.0824. The molecule has 0 spiro atoms. The first-order chi connectivity index (χ1) is 8.29. The first-order valence-corrected chi connectivity index (χ1v) is 5.76. The summed E-state index contributed by atoms with van der Waals surface area (Å²) in [5.41, 5.74) is 1.06. The number of hydrogen-bond donors (Lipinski definition) is 2. The van der Waals surface area contributed by atoms with E-state index in [1.807, 2.05) is 37.4 Å². The lowest BCUT2D eigenvalue weighted by molar-refractivity contribution is -0.123. The van der Waals surface area contributed by atoms with Crippen molar-refractivity contribution in [2.24, 2.45) is 0 Å². The van der Waals surface area contributed by atoms with Crippen molar-refractivity contribution in [1.82, 2.24) is 10.3 Å². The number of aromatic amines is 1. The van der Waals surface area contributed by atoms with Gasteiger partial charge in [0.1, 0.15) is 5.75 Å². The van der Waals surface area contributed by atoms with Crippen LogP contribution < -0.4 is 10.1 Å². The van der Waals surface area contributed by atoms with Crippen LogP contribution in [0.15, 0.2) is 30.5 Å². The molecule has 2 N–H and O–H groups in total. The Hall–Kier alpha value is -1.97. The molecule has 0 saturated carbocycles. The van der Waals surface area contributed by atoms with E-state index in [2.05, 4.69) is 10.3 Å². The van der Waals surface area contributed by atoms with Crippen LogP contribution in [0, 0.1) is 0 Å². The Morgan fingerprint density at radius 1 is 1.41 bits per heavy atom. The predicted molar refractivity (Wildman–Crippen MR) is 67.1 cm³/mol. The third-order valence-corrected chi connectivity index (χ3v) is 2.47. The second kappa shape index (κ2) is 5.39. The summed E-state index contributed by atoms with van der Waals surface area (Å²) >= 11 is 0. The summed E-state index contributed by atoms with van der Waals surface area (Å²) in [7, 11) is 0. The maximum Gasteiger partial charge on any atom is 0.257 e. The smallest absolute Gasteiger partial charge is 0.257 e. The molecule has 0 radical (unpaired) electrons. The van der Waals surface area contributed by atoms with Crippen LogP contribution >= 0.6 is 0 Å². The number of H-pyrrole nitrogens is 1. The van der Waals surface area contributed by atoms with Crippen molar-refractivity contribution in [3.05, 3.63) is 30.5 Å². The summed E-state index contributed by atoms with van der Waals surface area (Å²) in [6, 6.07) is 7.68. The lowest BCUT2D eigenvalue weighted by Crippen LogP contribution is -2.29. The molecule has 4 heteroatoms. The molecule has 1 amide bonds. The zero-order valence-corrected chi connectivity index (χ0v) is 9.82. The summed E-state index contributed by atoms with van der Waals surface area (Å²) in [5.74, 6) is 0.629. The molecule has 1 aromatic heterocycles. The first kappa shape index (κ1) is 11.5. The Bertz CT molecular complexity index is 505. The van der Waals surface area contributed by atoms with Crippen LogP contribution in [-0.4, -0.2) is 24.0 Å². The normalized spacial score (nSPS) is 10.4. The predicted octanol–water partition coefficient (Wildman–Crippen LogP) is 2.07.